The SMILES string of the molecule is C=CCNC(C(=O)OC)c1ccc(Cl)cc1Cl. The maximum Gasteiger partial charge on any atom is 0.327 e. The van der Waals surface area contributed by atoms with E-state index < -0.39 is 12.0 Å². The van der Waals surface area contributed by atoms with E-state index in [1.165, 1.54) is 7.11 Å². The molecule has 5 heteroatoms. The second-order valence-corrected chi connectivity index (χ2v) is 4.16. The summed E-state index contributed by atoms with van der Waals surface area (Å²) >= 11 is 11.8. The molecule has 1 aromatic rings. The molecule has 0 saturated carbocycles. The first-order valence-corrected chi connectivity index (χ1v) is 5.72. The second-order valence-electron chi connectivity index (χ2n) is 3.32. The van der Waals surface area contributed by atoms with Gasteiger partial charge in [-0.1, -0.05) is 35.3 Å². The fraction of sp³-hybridized carbons (Fsp3) is 0.250. The average molecular weight is 274 g/mol. The highest BCUT2D eigenvalue weighted by Crippen LogP contribution is 2.26. The number of methoxy groups -OCH3 is 1. The summed E-state index contributed by atoms with van der Waals surface area (Å²) in [5.74, 6) is -0.406. The lowest BCUT2D eigenvalue weighted by atomic mass is 10.1. The molecular weight excluding hydrogens is 261 g/mol. The molecule has 92 valence electrons. The number of hydrogen-bond acceptors (Lipinski definition) is 3. The van der Waals surface area contributed by atoms with E-state index in [4.69, 9.17) is 27.9 Å². The first-order valence-electron chi connectivity index (χ1n) is 4.97. The van der Waals surface area contributed by atoms with Gasteiger partial charge in [0, 0.05) is 16.6 Å². The molecule has 0 aliphatic heterocycles. The molecule has 0 saturated heterocycles. The van der Waals surface area contributed by atoms with Crippen LogP contribution in [-0.2, 0) is 9.53 Å². The Bertz CT molecular complexity index is 421. The van der Waals surface area contributed by atoms with Crippen LogP contribution in [0.2, 0.25) is 10.0 Å². The molecule has 0 aliphatic rings. The number of benzene rings is 1. The van der Waals surface area contributed by atoms with Gasteiger partial charge in [0.25, 0.3) is 0 Å². The van der Waals surface area contributed by atoms with Crippen LogP contribution >= 0.6 is 23.2 Å². The molecule has 0 amide bonds. The normalized spacial score (nSPS) is 11.9. The van der Waals surface area contributed by atoms with Crippen molar-refractivity contribution < 1.29 is 9.53 Å². The van der Waals surface area contributed by atoms with E-state index in [-0.39, 0.29) is 0 Å². The predicted molar refractivity (Wildman–Crippen MR) is 69.4 cm³/mol. The van der Waals surface area contributed by atoms with Crippen molar-refractivity contribution >= 4 is 29.2 Å². The van der Waals surface area contributed by atoms with Crippen LogP contribution in [0.5, 0.6) is 0 Å². The van der Waals surface area contributed by atoms with Crippen molar-refractivity contribution in [3.63, 3.8) is 0 Å². The van der Waals surface area contributed by atoms with Crippen LogP contribution in [0.4, 0.5) is 0 Å². The third-order valence-corrected chi connectivity index (χ3v) is 2.74. The van der Waals surface area contributed by atoms with Crippen molar-refractivity contribution in [2.75, 3.05) is 13.7 Å². The maximum absolute atomic E-state index is 11.6. The van der Waals surface area contributed by atoms with Gasteiger partial charge in [0.1, 0.15) is 6.04 Å². The van der Waals surface area contributed by atoms with Crippen LogP contribution in [0.1, 0.15) is 11.6 Å². The molecule has 1 N–H and O–H groups in total. The highest BCUT2D eigenvalue weighted by atomic mass is 35.5. The van der Waals surface area contributed by atoms with Gasteiger partial charge in [-0.25, -0.2) is 4.79 Å². The Morgan fingerprint density at radius 1 is 1.59 bits per heavy atom. The molecule has 1 unspecified atom stereocenters. The van der Waals surface area contributed by atoms with Crippen molar-refractivity contribution in [3.8, 4) is 0 Å². The standard InChI is InChI=1S/C12H13Cl2NO2/c1-3-6-15-11(12(16)17-2)9-5-4-8(13)7-10(9)14/h3-5,7,11,15H,1,6H2,2H3. The second kappa shape index (κ2) is 6.64. The molecule has 0 radical (unpaired) electrons. The van der Waals surface area contributed by atoms with Gasteiger partial charge in [0.2, 0.25) is 0 Å². The van der Waals surface area contributed by atoms with Crippen molar-refractivity contribution in [1.29, 1.82) is 0 Å². The van der Waals surface area contributed by atoms with Gasteiger partial charge in [-0.15, -0.1) is 6.58 Å². The van der Waals surface area contributed by atoms with Crippen LogP contribution in [0.15, 0.2) is 30.9 Å². The van der Waals surface area contributed by atoms with Crippen LogP contribution in [0.25, 0.3) is 0 Å². The number of hydrogen-bond donors (Lipinski definition) is 1. The van der Waals surface area contributed by atoms with E-state index >= 15 is 0 Å². The van der Waals surface area contributed by atoms with Gasteiger partial charge < -0.3 is 4.74 Å². The minimum atomic E-state index is -0.622. The molecular formula is C12H13Cl2NO2. The third kappa shape index (κ3) is 3.73. The molecule has 0 spiro atoms. The van der Waals surface area contributed by atoms with Gasteiger partial charge >= 0.3 is 5.97 Å². The smallest absolute Gasteiger partial charge is 0.327 e. The number of halogens is 2. The van der Waals surface area contributed by atoms with Crippen LogP contribution in [-0.4, -0.2) is 19.6 Å². The largest absolute Gasteiger partial charge is 0.468 e. The molecule has 0 aromatic heterocycles. The predicted octanol–water partition coefficient (Wildman–Crippen LogP) is 2.98. The zero-order valence-corrected chi connectivity index (χ0v) is 10.9. The molecule has 0 fully saturated rings. The zero-order valence-electron chi connectivity index (χ0n) is 9.37. The Balaban J connectivity index is 3.03. The van der Waals surface area contributed by atoms with Crippen molar-refractivity contribution in [2.24, 2.45) is 0 Å². The fourth-order valence-electron chi connectivity index (χ4n) is 1.37. The molecule has 0 bridgehead atoms. The molecule has 1 atom stereocenters. The topological polar surface area (TPSA) is 38.3 Å². The lowest BCUT2D eigenvalue weighted by Gasteiger charge is -2.17. The zero-order chi connectivity index (χ0) is 12.8. The Morgan fingerprint density at radius 3 is 2.82 bits per heavy atom. The first kappa shape index (κ1) is 14.0. The Hall–Kier alpha value is -1.03. The molecule has 3 nitrogen and oxygen atoms in total. The quantitative estimate of drug-likeness (QED) is 0.662. The van der Waals surface area contributed by atoms with E-state index in [1.807, 2.05) is 0 Å². The molecule has 0 aliphatic carbocycles. The summed E-state index contributed by atoms with van der Waals surface area (Å²) in [5, 5.41) is 3.92. The van der Waals surface area contributed by atoms with Gasteiger partial charge in [-0.2, -0.15) is 0 Å². The summed E-state index contributed by atoms with van der Waals surface area (Å²) < 4.78 is 4.72. The first-order chi connectivity index (χ1) is 8.10. The number of carbonyl (C=O) groups is 1. The van der Waals surface area contributed by atoms with Gasteiger partial charge in [0.15, 0.2) is 0 Å². The minimum Gasteiger partial charge on any atom is -0.468 e. The molecule has 1 aromatic carbocycles. The average Bonchev–Trinajstić information content (AvgIpc) is 2.31. The lowest BCUT2D eigenvalue weighted by molar-refractivity contribution is -0.143. The highest BCUT2D eigenvalue weighted by molar-refractivity contribution is 6.35. The number of nitrogens with one attached hydrogen (secondary N) is 1. The summed E-state index contributed by atoms with van der Waals surface area (Å²) in [5.41, 5.74) is 0.629. The van der Waals surface area contributed by atoms with Gasteiger partial charge in [-0.05, 0) is 17.7 Å². The van der Waals surface area contributed by atoms with E-state index in [0.717, 1.165) is 0 Å². The van der Waals surface area contributed by atoms with Crippen molar-refractivity contribution in [1.82, 2.24) is 5.32 Å². The van der Waals surface area contributed by atoms with Crippen LogP contribution in [0, 0.1) is 0 Å². The number of ether oxygens (including phenoxy) is 1. The van der Waals surface area contributed by atoms with E-state index in [9.17, 15) is 4.79 Å². The van der Waals surface area contributed by atoms with Crippen molar-refractivity contribution in [2.45, 2.75) is 6.04 Å². The summed E-state index contributed by atoms with van der Waals surface area (Å²) in [6, 6.07) is 4.34. The van der Waals surface area contributed by atoms with E-state index in [2.05, 4.69) is 11.9 Å². The highest BCUT2D eigenvalue weighted by Gasteiger charge is 2.22. The van der Waals surface area contributed by atoms with E-state index in [0.29, 0.717) is 22.2 Å². The Labute approximate surface area is 110 Å². The summed E-state index contributed by atoms with van der Waals surface area (Å²) in [4.78, 5) is 11.6. The number of rotatable bonds is 5. The fourth-order valence-corrected chi connectivity index (χ4v) is 1.89. The summed E-state index contributed by atoms with van der Waals surface area (Å²) in [6.45, 7) is 4.05. The van der Waals surface area contributed by atoms with Crippen LogP contribution < -0.4 is 5.32 Å². The minimum absolute atomic E-state index is 0.406. The maximum atomic E-state index is 11.6. The molecule has 0 heterocycles. The van der Waals surface area contributed by atoms with Gasteiger partial charge in [-0.3, -0.25) is 5.32 Å². The van der Waals surface area contributed by atoms with E-state index in [1.54, 1.807) is 24.3 Å². The van der Waals surface area contributed by atoms with Gasteiger partial charge in [0.05, 0.1) is 7.11 Å². The number of esters is 1. The number of carbonyl (C=O) groups excluding carboxylic acids is 1. The monoisotopic (exact) mass is 273 g/mol. The van der Waals surface area contributed by atoms with Crippen molar-refractivity contribution in [3.05, 3.63) is 46.5 Å². The molecule has 1 rings (SSSR count). The summed E-state index contributed by atoms with van der Waals surface area (Å²) in [6.07, 6.45) is 1.65. The third-order valence-electron chi connectivity index (χ3n) is 2.18. The molecule has 17 heavy (non-hydrogen) atoms. The Morgan fingerprint density at radius 2 is 2.29 bits per heavy atom. The van der Waals surface area contributed by atoms with Crippen LogP contribution in [0.3, 0.4) is 0 Å². The Kier molecular flexibility index (Phi) is 5.48. The summed E-state index contributed by atoms with van der Waals surface area (Å²) in [7, 11) is 1.33. The lowest BCUT2D eigenvalue weighted by Crippen LogP contribution is -2.30.